The summed E-state index contributed by atoms with van der Waals surface area (Å²) >= 11 is 2.58. The number of ether oxygens (including phenoxy) is 2. The van der Waals surface area contributed by atoms with Gasteiger partial charge in [0.1, 0.15) is 6.10 Å². The first-order valence-electron chi connectivity index (χ1n) is 26.4. The van der Waals surface area contributed by atoms with Gasteiger partial charge >= 0.3 is 11.9 Å². The van der Waals surface area contributed by atoms with Gasteiger partial charge in [-0.1, -0.05) is 163 Å². The van der Waals surface area contributed by atoms with Crippen molar-refractivity contribution in [3.8, 4) is 0 Å². The van der Waals surface area contributed by atoms with E-state index in [9.17, 15) is 14.7 Å². The van der Waals surface area contributed by atoms with Gasteiger partial charge in [-0.3, -0.25) is 9.59 Å². The molecule has 0 bridgehead atoms. The summed E-state index contributed by atoms with van der Waals surface area (Å²) in [6.45, 7) is 20.4. The highest BCUT2D eigenvalue weighted by molar-refractivity contribution is 14.1. The lowest BCUT2D eigenvalue weighted by Crippen LogP contribution is -2.36. The molecule has 0 radical (unpaired) electrons. The predicted octanol–water partition coefficient (Wildman–Crippen LogP) is 14.7. The molecule has 3 aliphatic carbocycles. The van der Waals surface area contributed by atoms with Crippen LogP contribution in [0.5, 0.6) is 0 Å². The molecule has 4 rings (SSSR count). The van der Waals surface area contributed by atoms with E-state index in [1.807, 2.05) is 0 Å². The zero-order valence-corrected chi connectivity index (χ0v) is 43.6. The van der Waals surface area contributed by atoms with Crippen molar-refractivity contribution < 1.29 is 24.2 Å². The molecule has 0 amide bonds. The summed E-state index contributed by atoms with van der Waals surface area (Å²) in [4.78, 5) is 27.9. The molecular weight excluding hydrogens is 906 g/mol. The quantitative estimate of drug-likeness (QED) is 0.0346. The molecule has 3 saturated carbocycles. The van der Waals surface area contributed by atoms with Crippen LogP contribution in [0.4, 0.5) is 0 Å². The third kappa shape index (κ3) is 20.1. The number of unbranched alkanes of at least 4 members (excludes halogenated alkanes) is 9. The normalized spacial score (nSPS) is 23.5. The fraction of sp³-hybridized carbons (Fsp3) is 0.754. The molecule has 0 saturated heterocycles. The van der Waals surface area contributed by atoms with Crippen LogP contribution >= 0.6 is 22.6 Å². The highest BCUT2D eigenvalue weighted by Crippen LogP contribution is 2.60. The number of aliphatic hydroxyl groups is 1. The fourth-order valence-corrected chi connectivity index (χ4v) is 11.9. The maximum absolute atomic E-state index is 13.0. The van der Waals surface area contributed by atoms with Gasteiger partial charge in [0.2, 0.25) is 0 Å². The number of aliphatic hydroxyl groups excluding tert-OH is 1. The average Bonchev–Trinajstić information content (AvgIpc) is 3.62. The van der Waals surface area contributed by atoms with Crippen molar-refractivity contribution in [2.45, 2.75) is 212 Å². The van der Waals surface area contributed by atoms with Crippen molar-refractivity contribution >= 4 is 34.5 Å². The van der Waals surface area contributed by atoms with Crippen LogP contribution in [0.2, 0.25) is 0 Å². The third-order valence-electron chi connectivity index (χ3n) is 15.1. The summed E-state index contributed by atoms with van der Waals surface area (Å²) < 4.78 is 12.4. The van der Waals surface area contributed by atoms with Crippen LogP contribution in [0.3, 0.4) is 0 Å². The van der Waals surface area contributed by atoms with E-state index >= 15 is 0 Å². The van der Waals surface area contributed by atoms with E-state index in [0.717, 1.165) is 118 Å². The molecule has 3 aliphatic rings. The Balaban J connectivity index is 1.06. The van der Waals surface area contributed by atoms with Gasteiger partial charge < -0.3 is 19.5 Å². The van der Waals surface area contributed by atoms with E-state index in [1.165, 1.54) is 93.8 Å². The van der Waals surface area contributed by atoms with Crippen molar-refractivity contribution in [3.05, 3.63) is 70.8 Å². The molecule has 1 aromatic rings. The first-order chi connectivity index (χ1) is 30.9. The van der Waals surface area contributed by atoms with Crippen molar-refractivity contribution in [2.75, 3.05) is 32.8 Å². The summed E-state index contributed by atoms with van der Waals surface area (Å²) in [5.41, 5.74) is 6.94. The monoisotopic (exact) mass is 998 g/mol. The molecule has 0 aromatic heterocycles. The van der Waals surface area contributed by atoms with E-state index in [-0.39, 0.29) is 24.6 Å². The van der Waals surface area contributed by atoms with Gasteiger partial charge in [-0.2, -0.15) is 0 Å². The number of halogens is 1. The molecule has 6 atom stereocenters. The Labute approximate surface area is 405 Å². The zero-order chi connectivity index (χ0) is 46.2. The second-order valence-electron chi connectivity index (χ2n) is 21.0. The second kappa shape index (κ2) is 30.4. The van der Waals surface area contributed by atoms with Crippen LogP contribution in [-0.4, -0.2) is 64.8 Å². The molecule has 0 aliphatic heterocycles. The lowest BCUT2D eigenvalue weighted by molar-refractivity contribution is -0.149. The first-order valence-corrected chi connectivity index (χ1v) is 27.6. The number of nitrogens with zero attached hydrogens (tertiary/aromatic N) is 1. The standard InChI is InChI=1S/C57H92INO5/c1-44(2)41-48-26-28-49(29-27-48)42-56(62)63-40-18-12-8-7-10-14-36-59(38-16-17-39-60)37-15-11-9-13-24-55(61)64-52-32-25-45(3)51(43-52)31-30-50-23-20-35-57(6)53(33-34-54(50)57)46(4)21-19-22-47(5)58/h26-31,44,46-47,52-54,60H,3,7-25,32-43H2,1-2,4-6H3/b50-30+,51-31-. The maximum atomic E-state index is 13.0. The minimum Gasteiger partial charge on any atom is -0.465 e. The number of hydrogen-bond acceptors (Lipinski definition) is 6. The molecule has 3 fully saturated rings. The molecule has 7 heteroatoms. The van der Waals surface area contributed by atoms with Gasteiger partial charge in [-0.25, -0.2) is 0 Å². The van der Waals surface area contributed by atoms with Gasteiger partial charge in [0.05, 0.1) is 13.0 Å². The van der Waals surface area contributed by atoms with Crippen LogP contribution < -0.4 is 0 Å². The number of hydrogen-bond donors (Lipinski definition) is 1. The molecule has 0 heterocycles. The summed E-state index contributed by atoms with van der Waals surface area (Å²) in [7, 11) is 0. The van der Waals surface area contributed by atoms with Crippen molar-refractivity contribution in [2.24, 2.45) is 29.1 Å². The Bertz CT molecular complexity index is 1570. The smallest absolute Gasteiger partial charge is 0.310 e. The Kier molecular flexibility index (Phi) is 26.0. The van der Waals surface area contributed by atoms with Crippen LogP contribution in [0, 0.1) is 29.1 Å². The largest absolute Gasteiger partial charge is 0.465 e. The van der Waals surface area contributed by atoms with Gasteiger partial charge in [0.25, 0.3) is 0 Å². The third-order valence-corrected chi connectivity index (χ3v) is 15.7. The summed E-state index contributed by atoms with van der Waals surface area (Å²) in [6.07, 6.45) is 32.9. The minimum absolute atomic E-state index is 0.0351. The molecule has 6 nitrogen and oxygen atoms in total. The molecular formula is C57H92INO5. The number of rotatable bonds is 31. The van der Waals surface area contributed by atoms with E-state index in [1.54, 1.807) is 5.57 Å². The van der Waals surface area contributed by atoms with Gasteiger partial charge in [0.15, 0.2) is 0 Å². The molecule has 362 valence electrons. The Hall–Kier alpha value is -1.97. The summed E-state index contributed by atoms with van der Waals surface area (Å²) in [6, 6.07) is 8.36. The lowest BCUT2D eigenvalue weighted by Gasteiger charge is -2.44. The average molecular weight is 998 g/mol. The SMILES string of the molecule is C=C1CCC(OC(=O)CCCCCCN(CCCCO)CCCCCCCCOC(=O)Cc2ccc(CC(C)C)cc2)C/C1=C/C=C1\CCCC2(C)C1CCC2C(C)CCCC(C)I. The van der Waals surface area contributed by atoms with Crippen molar-refractivity contribution in [1.82, 2.24) is 4.90 Å². The molecule has 1 N–H and O–H groups in total. The summed E-state index contributed by atoms with van der Waals surface area (Å²) in [5.74, 6) is 2.82. The number of fused-ring (bicyclic) bond motifs is 1. The number of benzene rings is 1. The van der Waals surface area contributed by atoms with Crippen molar-refractivity contribution in [3.63, 3.8) is 0 Å². The van der Waals surface area contributed by atoms with Gasteiger partial charge in [0, 0.05) is 23.4 Å². The first kappa shape index (κ1) is 54.6. The van der Waals surface area contributed by atoms with Crippen LogP contribution in [0.15, 0.2) is 59.7 Å². The highest BCUT2D eigenvalue weighted by atomic mass is 127. The minimum atomic E-state index is -0.131. The van der Waals surface area contributed by atoms with E-state index < -0.39 is 0 Å². The van der Waals surface area contributed by atoms with Gasteiger partial charge in [-0.15, -0.1) is 0 Å². The van der Waals surface area contributed by atoms with E-state index in [4.69, 9.17) is 9.47 Å². The number of alkyl halides is 1. The topological polar surface area (TPSA) is 76.1 Å². The van der Waals surface area contributed by atoms with Crippen LogP contribution in [0.25, 0.3) is 0 Å². The molecule has 6 unspecified atom stereocenters. The lowest BCUT2D eigenvalue weighted by atomic mass is 9.60. The number of allylic oxidation sites excluding steroid dienone is 4. The Morgan fingerprint density at radius 3 is 2.16 bits per heavy atom. The Morgan fingerprint density at radius 1 is 0.812 bits per heavy atom. The fourth-order valence-electron chi connectivity index (χ4n) is 11.4. The van der Waals surface area contributed by atoms with E-state index in [2.05, 4.69) is 105 Å². The second-order valence-corrected chi connectivity index (χ2v) is 23.2. The molecule has 1 aromatic carbocycles. The number of carbonyl (C=O) groups excluding carboxylic acids is 2. The number of esters is 2. The van der Waals surface area contributed by atoms with Gasteiger partial charge in [-0.05, 0) is 162 Å². The van der Waals surface area contributed by atoms with Crippen LogP contribution in [0.1, 0.15) is 200 Å². The predicted molar refractivity (Wildman–Crippen MR) is 277 cm³/mol. The highest BCUT2D eigenvalue weighted by Gasteiger charge is 2.50. The maximum Gasteiger partial charge on any atom is 0.310 e. The zero-order valence-electron chi connectivity index (χ0n) is 41.5. The number of carbonyl (C=O) groups is 2. The molecule has 0 spiro atoms. The summed E-state index contributed by atoms with van der Waals surface area (Å²) in [5, 5.41) is 9.35. The van der Waals surface area contributed by atoms with Crippen LogP contribution in [-0.2, 0) is 31.9 Å². The Morgan fingerprint density at radius 2 is 1.47 bits per heavy atom. The van der Waals surface area contributed by atoms with Crippen molar-refractivity contribution in [1.29, 1.82) is 0 Å². The van der Waals surface area contributed by atoms with E-state index in [0.29, 0.717) is 36.7 Å². The molecule has 64 heavy (non-hydrogen) atoms.